The molecular formula is C38H25NO. The van der Waals surface area contributed by atoms with Crippen molar-refractivity contribution in [2.75, 3.05) is 5.32 Å². The van der Waals surface area contributed by atoms with E-state index in [9.17, 15) is 0 Å². The van der Waals surface area contributed by atoms with Gasteiger partial charge < -0.3 is 9.73 Å². The van der Waals surface area contributed by atoms with Crippen LogP contribution in [0.15, 0.2) is 150 Å². The van der Waals surface area contributed by atoms with Gasteiger partial charge in [0.1, 0.15) is 5.58 Å². The molecule has 40 heavy (non-hydrogen) atoms. The number of hydrogen-bond acceptors (Lipinski definition) is 2. The van der Waals surface area contributed by atoms with E-state index in [1.165, 1.54) is 32.7 Å². The van der Waals surface area contributed by atoms with Gasteiger partial charge >= 0.3 is 0 Å². The minimum Gasteiger partial charge on any atom is -0.453 e. The average Bonchev–Trinajstić information content (AvgIpc) is 3.42. The molecule has 8 rings (SSSR count). The summed E-state index contributed by atoms with van der Waals surface area (Å²) in [4.78, 5) is 0. The quantitative estimate of drug-likeness (QED) is 0.238. The zero-order chi connectivity index (χ0) is 26.5. The van der Waals surface area contributed by atoms with Crippen LogP contribution in [0.5, 0.6) is 0 Å². The van der Waals surface area contributed by atoms with Crippen LogP contribution >= 0.6 is 0 Å². The van der Waals surface area contributed by atoms with Crippen LogP contribution in [-0.4, -0.2) is 0 Å². The molecular weight excluding hydrogens is 486 g/mol. The smallest absolute Gasteiger partial charge is 0.158 e. The second-order valence-electron chi connectivity index (χ2n) is 10.2. The lowest BCUT2D eigenvalue weighted by Gasteiger charge is -2.12. The second kappa shape index (κ2) is 9.14. The normalized spacial score (nSPS) is 11.5. The summed E-state index contributed by atoms with van der Waals surface area (Å²) >= 11 is 0. The van der Waals surface area contributed by atoms with E-state index in [2.05, 4.69) is 145 Å². The molecule has 0 bridgehead atoms. The molecule has 0 aliphatic rings. The fourth-order valence-corrected chi connectivity index (χ4v) is 5.95. The third kappa shape index (κ3) is 3.65. The maximum Gasteiger partial charge on any atom is 0.158 e. The Hall–Kier alpha value is -5.34. The molecule has 1 aromatic heterocycles. The van der Waals surface area contributed by atoms with Crippen molar-refractivity contribution in [1.29, 1.82) is 0 Å². The number of furan rings is 1. The van der Waals surface area contributed by atoms with E-state index in [1.54, 1.807) is 0 Å². The average molecular weight is 512 g/mol. The molecule has 0 amide bonds. The van der Waals surface area contributed by atoms with Gasteiger partial charge in [-0.2, -0.15) is 0 Å². The Bertz CT molecular complexity index is 2170. The van der Waals surface area contributed by atoms with Gasteiger partial charge in [-0.05, 0) is 62.5 Å². The highest BCUT2D eigenvalue weighted by atomic mass is 16.3. The summed E-state index contributed by atoms with van der Waals surface area (Å²) in [6, 6.07) is 51.4. The Morgan fingerprint density at radius 1 is 0.400 bits per heavy atom. The SMILES string of the molecule is c1ccc(-c2cccc3c2oc2c(Nc4ccc(-c5cc6ccccc6c6ccccc56)cc4)cccc23)cc1. The molecule has 2 heteroatoms. The van der Waals surface area contributed by atoms with Crippen molar-refractivity contribution in [3.8, 4) is 22.3 Å². The van der Waals surface area contributed by atoms with Crippen molar-refractivity contribution < 1.29 is 4.42 Å². The number of nitrogens with one attached hydrogen (secondary N) is 1. The Kier molecular flexibility index (Phi) is 5.17. The van der Waals surface area contributed by atoms with Gasteiger partial charge in [0.25, 0.3) is 0 Å². The minimum atomic E-state index is 0.866. The summed E-state index contributed by atoms with van der Waals surface area (Å²) in [6.45, 7) is 0. The Labute approximate surface area is 232 Å². The molecule has 0 saturated heterocycles. The van der Waals surface area contributed by atoms with Crippen LogP contribution in [0.4, 0.5) is 11.4 Å². The number of rotatable bonds is 4. The Morgan fingerprint density at radius 3 is 1.85 bits per heavy atom. The third-order valence-corrected chi connectivity index (χ3v) is 7.85. The molecule has 0 atom stereocenters. The van der Waals surface area contributed by atoms with Gasteiger partial charge in [0.15, 0.2) is 5.58 Å². The maximum absolute atomic E-state index is 6.56. The molecule has 0 spiro atoms. The molecule has 0 radical (unpaired) electrons. The predicted octanol–water partition coefficient (Wildman–Crippen LogP) is 11.0. The summed E-state index contributed by atoms with van der Waals surface area (Å²) in [5, 5.41) is 10.9. The molecule has 8 aromatic rings. The first-order valence-electron chi connectivity index (χ1n) is 13.6. The van der Waals surface area contributed by atoms with Crippen LogP contribution in [0.25, 0.3) is 65.7 Å². The van der Waals surface area contributed by atoms with E-state index < -0.39 is 0 Å². The molecule has 0 unspecified atom stereocenters. The van der Waals surface area contributed by atoms with Crippen molar-refractivity contribution in [2.45, 2.75) is 0 Å². The summed E-state index contributed by atoms with van der Waals surface area (Å²) < 4.78 is 6.56. The van der Waals surface area contributed by atoms with Gasteiger partial charge in [0.05, 0.1) is 5.69 Å². The lowest BCUT2D eigenvalue weighted by atomic mass is 9.93. The van der Waals surface area contributed by atoms with E-state index >= 15 is 0 Å². The largest absolute Gasteiger partial charge is 0.453 e. The first-order chi connectivity index (χ1) is 19.8. The zero-order valence-electron chi connectivity index (χ0n) is 21.8. The van der Waals surface area contributed by atoms with Crippen LogP contribution in [0.2, 0.25) is 0 Å². The molecule has 0 saturated carbocycles. The minimum absolute atomic E-state index is 0.866. The zero-order valence-corrected chi connectivity index (χ0v) is 21.8. The molecule has 1 heterocycles. The van der Waals surface area contributed by atoms with Gasteiger partial charge in [-0.3, -0.25) is 0 Å². The number of fused-ring (bicyclic) bond motifs is 6. The number of benzene rings is 7. The predicted molar refractivity (Wildman–Crippen MR) is 169 cm³/mol. The van der Waals surface area contributed by atoms with Crippen molar-refractivity contribution in [3.63, 3.8) is 0 Å². The standard InChI is InChI=1S/C38H25NO/c1-2-10-25(11-3-1)30-16-8-17-33-34-18-9-19-36(38(34)40-37(30)33)39-28-22-20-26(21-23-28)35-24-27-12-4-5-13-29(27)31-14-6-7-15-32(31)35/h1-24,39H. The van der Waals surface area contributed by atoms with Crippen molar-refractivity contribution >= 4 is 54.9 Å². The molecule has 0 aliphatic heterocycles. The topological polar surface area (TPSA) is 25.2 Å². The van der Waals surface area contributed by atoms with Crippen LogP contribution in [0, 0.1) is 0 Å². The lowest BCUT2D eigenvalue weighted by molar-refractivity contribution is 0.671. The van der Waals surface area contributed by atoms with Crippen LogP contribution < -0.4 is 5.32 Å². The first-order valence-corrected chi connectivity index (χ1v) is 13.6. The molecule has 0 aliphatic carbocycles. The Morgan fingerprint density at radius 2 is 1.02 bits per heavy atom. The van der Waals surface area contributed by atoms with Gasteiger partial charge in [0, 0.05) is 22.0 Å². The summed E-state index contributed by atoms with van der Waals surface area (Å²) in [5.74, 6) is 0. The third-order valence-electron chi connectivity index (χ3n) is 7.85. The van der Waals surface area contributed by atoms with Gasteiger partial charge in [-0.25, -0.2) is 0 Å². The molecule has 188 valence electrons. The highest BCUT2D eigenvalue weighted by Gasteiger charge is 2.15. The van der Waals surface area contributed by atoms with Crippen LogP contribution in [0.1, 0.15) is 0 Å². The van der Waals surface area contributed by atoms with E-state index in [1.807, 2.05) is 6.07 Å². The molecule has 1 N–H and O–H groups in total. The lowest BCUT2D eigenvalue weighted by Crippen LogP contribution is -1.91. The van der Waals surface area contributed by atoms with E-state index in [4.69, 9.17) is 4.42 Å². The monoisotopic (exact) mass is 511 g/mol. The summed E-state index contributed by atoms with van der Waals surface area (Å²) in [5.41, 5.74) is 8.45. The fourth-order valence-electron chi connectivity index (χ4n) is 5.95. The van der Waals surface area contributed by atoms with E-state index in [0.29, 0.717) is 0 Å². The fraction of sp³-hybridized carbons (Fsp3) is 0. The number of para-hydroxylation sites is 2. The Balaban J connectivity index is 1.19. The van der Waals surface area contributed by atoms with Gasteiger partial charge in [0.2, 0.25) is 0 Å². The second-order valence-corrected chi connectivity index (χ2v) is 10.2. The summed E-state index contributed by atoms with van der Waals surface area (Å²) in [6.07, 6.45) is 0. The number of hydrogen-bond donors (Lipinski definition) is 1. The molecule has 0 fully saturated rings. The van der Waals surface area contributed by atoms with E-state index in [0.717, 1.165) is 44.4 Å². The maximum atomic E-state index is 6.56. The summed E-state index contributed by atoms with van der Waals surface area (Å²) in [7, 11) is 0. The van der Waals surface area contributed by atoms with Crippen molar-refractivity contribution in [1.82, 2.24) is 0 Å². The van der Waals surface area contributed by atoms with Crippen LogP contribution in [0.3, 0.4) is 0 Å². The highest BCUT2D eigenvalue weighted by Crippen LogP contribution is 2.40. The molecule has 7 aromatic carbocycles. The highest BCUT2D eigenvalue weighted by molar-refractivity contribution is 6.14. The molecule has 2 nitrogen and oxygen atoms in total. The van der Waals surface area contributed by atoms with E-state index in [-0.39, 0.29) is 0 Å². The van der Waals surface area contributed by atoms with Gasteiger partial charge in [-0.1, -0.05) is 121 Å². The first kappa shape index (κ1) is 22.6. The van der Waals surface area contributed by atoms with Crippen LogP contribution in [-0.2, 0) is 0 Å². The number of anilines is 2. The van der Waals surface area contributed by atoms with Gasteiger partial charge in [-0.15, -0.1) is 0 Å². The van der Waals surface area contributed by atoms with Crippen molar-refractivity contribution in [3.05, 3.63) is 146 Å². The van der Waals surface area contributed by atoms with Crippen molar-refractivity contribution in [2.24, 2.45) is 0 Å².